The number of nitrogens with zero attached hydrogens (tertiary/aromatic N) is 4. The predicted molar refractivity (Wildman–Crippen MR) is 122 cm³/mol. The zero-order chi connectivity index (χ0) is 23.5. The fourth-order valence-electron chi connectivity index (χ4n) is 3.26. The third-order valence-corrected chi connectivity index (χ3v) is 5.95. The van der Waals surface area contributed by atoms with E-state index in [-0.39, 0.29) is 24.2 Å². The van der Waals surface area contributed by atoms with Crippen LogP contribution in [-0.4, -0.2) is 67.5 Å². The summed E-state index contributed by atoms with van der Waals surface area (Å²) in [5.41, 5.74) is 0.937. The van der Waals surface area contributed by atoms with Crippen LogP contribution >= 0.6 is 11.6 Å². The van der Waals surface area contributed by atoms with Gasteiger partial charge in [0, 0.05) is 36.3 Å². The van der Waals surface area contributed by atoms with Crippen LogP contribution in [0.1, 0.15) is 29.0 Å². The number of piperazine rings is 1. The molecule has 0 radical (unpaired) electrons. The first-order valence-corrected chi connectivity index (χ1v) is 12.1. The standard InChI is InChI=1S/C21H24ClN5O4S/c1-14(8-9-32(3,30)31)25-21(29)17-10-24-19(11-23-17)27-13-20(28)26(2)12-18(27)15-6-4-5-7-16(15)22/h4-11,14,18H,12-13H2,1-3H3,(H,25,29)/b9-8+/t14-,18?/m1/s1. The largest absolute Gasteiger partial charge is 0.345 e. The zero-order valence-electron chi connectivity index (χ0n) is 17.9. The third kappa shape index (κ3) is 5.83. The first-order chi connectivity index (χ1) is 15.0. The molecule has 0 spiro atoms. The van der Waals surface area contributed by atoms with Gasteiger partial charge in [-0.05, 0) is 18.6 Å². The number of rotatable bonds is 6. The fraction of sp³-hybridized carbons (Fsp3) is 0.333. The molecular formula is C21H24ClN5O4S. The predicted octanol–water partition coefficient (Wildman–Crippen LogP) is 1.83. The number of sulfone groups is 1. The van der Waals surface area contributed by atoms with Crippen LogP contribution in [0.25, 0.3) is 0 Å². The molecule has 1 aromatic heterocycles. The summed E-state index contributed by atoms with van der Waals surface area (Å²) in [5.74, 6) is -0.117. The molecule has 9 nitrogen and oxygen atoms in total. The number of likely N-dealkylation sites (N-methyl/N-ethyl adjacent to an activating group) is 1. The smallest absolute Gasteiger partial charge is 0.271 e. The number of aromatic nitrogens is 2. The summed E-state index contributed by atoms with van der Waals surface area (Å²) in [6, 6.07) is 6.69. The minimum absolute atomic E-state index is 0.0663. The highest BCUT2D eigenvalue weighted by Crippen LogP contribution is 2.33. The average molecular weight is 478 g/mol. The van der Waals surface area contributed by atoms with E-state index < -0.39 is 21.8 Å². The van der Waals surface area contributed by atoms with Crippen LogP contribution in [0.4, 0.5) is 5.82 Å². The number of carbonyl (C=O) groups excluding carboxylic acids is 2. The molecule has 11 heteroatoms. The summed E-state index contributed by atoms with van der Waals surface area (Å²) in [5, 5.41) is 4.26. The van der Waals surface area contributed by atoms with Crippen molar-refractivity contribution in [3.8, 4) is 0 Å². The minimum Gasteiger partial charge on any atom is -0.345 e. The van der Waals surface area contributed by atoms with E-state index in [4.69, 9.17) is 11.6 Å². The molecule has 1 N–H and O–H groups in total. The molecule has 32 heavy (non-hydrogen) atoms. The Bertz CT molecular complexity index is 1140. The Morgan fingerprint density at radius 1 is 1.28 bits per heavy atom. The van der Waals surface area contributed by atoms with Gasteiger partial charge in [0.1, 0.15) is 11.5 Å². The van der Waals surface area contributed by atoms with Crippen molar-refractivity contribution in [2.75, 3.05) is 31.3 Å². The van der Waals surface area contributed by atoms with Crippen molar-refractivity contribution in [1.29, 1.82) is 0 Å². The maximum absolute atomic E-state index is 12.4. The zero-order valence-corrected chi connectivity index (χ0v) is 19.5. The number of anilines is 1. The van der Waals surface area contributed by atoms with Crippen molar-refractivity contribution in [3.05, 3.63) is 64.4 Å². The van der Waals surface area contributed by atoms with Crippen LogP contribution in [-0.2, 0) is 14.6 Å². The maximum Gasteiger partial charge on any atom is 0.271 e. The van der Waals surface area contributed by atoms with Gasteiger partial charge in [-0.3, -0.25) is 9.59 Å². The van der Waals surface area contributed by atoms with Gasteiger partial charge in [0.2, 0.25) is 5.91 Å². The quantitative estimate of drug-likeness (QED) is 0.675. The van der Waals surface area contributed by atoms with Crippen LogP contribution in [0.3, 0.4) is 0 Å². The van der Waals surface area contributed by atoms with Crippen LogP contribution in [0.2, 0.25) is 5.02 Å². The number of carbonyl (C=O) groups is 2. The van der Waals surface area contributed by atoms with Gasteiger partial charge >= 0.3 is 0 Å². The van der Waals surface area contributed by atoms with Crippen molar-refractivity contribution < 1.29 is 18.0 Å². The number of benzene rings is 1. The van der Waals surface area contributed by atoms with Gasteiger partial charge < -0.3 is 15.1 Å². The fourth-order valence-corrected chi connectivity index (χ4v) is 4.05. The molecule has 1 aliphatic heterocycles. The van der Waals surface area contributed by atoms with E-state index in [2.05, 4.69) is 15.3 Å². The number of hydrogen-bond acceptors (Lipinski definition) is 7. The van der Waals surface area contributed by atoms with Crippen molar-refractivity contribution in [2.45, 2.75) is 19.0 Å². The van der Waals surface area contributed by atoms with Crippen molar-refractivity contribution in [3.63, 3.8) is 0 Å². The van der Waals surface area contributed by atoms with Crippen molar-refractivity contribution in [1.82, 2.24) is 20.2 Å². The lowest BCUT2D eigenvalue weighted by Crippen LogP contribution is -2.51. The van der Waals surface area contributed by atoms with Crippen LogP contribution in [0.5, 0.6) is 0 Å². The molecule has 3 rings (SSSR count). The molecule has 0 saturated carbocycles. The summed E-state index contributed by atoms with van der Waals surface area (Å²) in [6.07, 6.45) is 5.21. The molecule has 1 unspecified atom stereocenters. The summed E-state index contributed by atoms with van der Waals surface area (Å²) < 4.78 is 22.4. The van der Waals surface area contributed by atoms with Gasteiger partial charge in [-0.2, -0.15) is 0 Å². The van der Waals surface area contributed by atoms with E-state index in [9.17, 15) is 18.0 Å². The van der Waals surface area contributed by atoms with E-state index >= 15 is 0 Å². The average Bonchev–Trinajstić information content (AvgIpc) is 2.74. The highest BCUT2D eigenvalue weighted by Gasteiger charge is 2.33. The maximum atomic E-state index is 12.4. The van der Waals surface area contributed by atoms with E-state index in [1.54, 1.807) is 24.9 Å². The Labute approximate surface area is 192 Å². The Balaban J connectivity index is 1.80. The lowest BCUT2D eigenvalue weighted by Gasteiger charge is -2.40. The first-order valence-electron chi connectivity index (χ1n) is 9.81. The molecule has 1 aromatic carbocycles. The van der Waals surface area contributed by atoms with E-state index in [1.165, 1.54) is 18.5 Å². The molecule has 2 heterocycles. The van der Waals surface area contributed by atoms with Gasteiger partial charge in [0.15, 0.2) is 9.84 Å². The van der Waals surface area contributed by atoms with Gasteiger partial charge in [0.25, 0.3) is 5.91 Å². The minimum atomic E-state index is -3.28. The lowest BCUT2D eigenvalue weighted by molar-refractivity contribution is -0.130. The number of hydrogen-bond donors (Lipinski definition) is 1. The topological polar surface area (TPSA) is 113 Å². The number of halogens is 1. The molecule has 2 amide bonds. The molecular weight excluding hydrogens is 454 g/mol. The highest BCUT2D eigenvalue weighted by atomic mass is 35.5. The molecule has 0 aliphatic carbocycles. The van der Waals surface area contributed by atoms with Crippen LogP contribution in [0, 0.1) is 0 Å². The SMILES string of the molecule is C[C@H](/C=C/S(C)(=O)=O)NC(=O)c1cnc(N2CC(=O)N(C)CC2c2ccccc2Cl)cn1. The molecule has 1 fully saturated rings. The Kier molecular flexibility index (Phi) is 7.15. The normalized spacial score (nSPS) is 18.1. The number of amides is 2. The second-order valence-corrected chi connectivity index (χ2v) is 9.96. The van der Waals surface area contributed by atoms with Crippen LogP contribution in [0.15, 0.2) is 48.1 Å². The van der Waals surface area contributed by atoms with Gasteiger partial charge in [-0.1, -0.05) is 35.9 Å². The van der Waals surface area contributed by atoms with Gasteiger partial charge in [0.05, 0.1) is 25.0 Å². The summed E-state index contributed by atoms with van der Waals surface area (Å²) >= 11 is 6.40. The summed E-state index contributed by atoms with van der Waals surface area (Å²) in [6.45, 7) is 2.17. The molecule has 170 valence electrons. The Morgan fingerprint density at radius 3 is 2.62 bits per heavy atom. The Hall–Kier alpha value is -2.98. The second-order valence-electron chi connectivity index (χ2n) is 7.62. The third-order valence-electron chi connectivity index (χ3n) is 4.96. The molecule has 2 atom stereocenters. The molecule has 2 aromatic rings. The monoisotopic (exact) mass is 477 g/mol. The van der Waals surface area contributed by atoms with Gasteiger partial charge in [-0.25, -0.2) is 18.4 Å². The summed E-state index contributed by atoms with van der Waals surface area (Å²) in [4.78, 5) is 36.8. The van der Waals surface area contributed by atoms with E-state index in [0.717, 1.165) is 17.2 Å². The van der Waals surface area contributed by atoms with Crippen molar-refractivity contribution >= 4 is 39.1 Å². The summed E-state index contributed by atoms with van der Waals surface area (Å²) in [7, 11) is -1.55. The van der Waals surface area contributed by atoms with Gasteiger partial charge in [-0.15, -0.1) is 0 Å². The molecule has 1 aliphatic rings. The van der Waals surface area contributed by atoms with Crippen LogP contribution < -0.4 is 10.2 Å². The highest BCUT2D eigenvalue weighted by molar-refractivity contribution is 7.93. The molecule has 0 bridgehead atoms. The van der Waals surface area contributed by atoms with E-state index in [1.807, 2.05) is 23.1 Å². The molecule has 1 saturated heterocycles. The lowest BCUT2D eigenvalue weighted by atomic mass is 10.0. The number of nitrogens with one attached hydrogen (secondary N) is 1. The first kappa shape index (κ1) is 23.7. The van der Waals surface area contributed by atoms with Crippen molar-refractivity contribution in [2.24, 2.45) is 0 Å². The second kappa shape index (κ2) is 9.66. The Morgan fingerprint density at radius 2 is 2.00 bits per heavy atom. The van der Waals surface area contributed by atoms with E-state index in [0.29, 0.717) is 17.4 Å².